The van der Waals surface area contributed by atoms with Crippen LogP contribution in [0.15, 0.2) is 42.5 Å². The van der Waals surface area contributed by atoms with Gasteiger partial charge in [-0.15, -0.1) is 0 Å². The molecule has 168 valence electrons. The first-order chi connectivity index (χ1) is 15.1. The molecule has 7 nitrogen and oxygen atoms in total. The third kappa shape index (κ3) is 6.20. The minimum atomic E-state index is -0.0127. The van der Waals surface area contributed by atoms with Gasteiger partial charge in [0.2, 0.25) is 0 Å². The van der Waals surface area contributed by atoms with Gasteiger partial charge in [-0.25, -0.2) is 4.79 Å². The Morgan fingerprint density at radius 3 is 2.42 bits per heavy atom. The zero-order valence-electron chi connectivity index (χ0n) is 18.7. The number of ether oxygens (including phenoxy) is 3. The number of nitrogens with zero attached hydrogens (tertiary/aromatic N) is 2. The second-order valence-corrected chi connectivity index (χ2v) is 7.30. The van der Waals surface area contributed by atoms with Gasteiger partial charge in [0.15, 0.2) is 11.5 Å². The molecule has 0 unspecified atom stereocenters. The third-order valence-electron chi connectivity index (χ3n) is 5.28. The molecule has 0 spiro atoms. The van der Waals surface area contributed by atoms with Crippen molar-refractivity contribution < 1.29 is 19.0 Å². The first-order valence-corrected chi connectivity index (χ1v) is 10.9. The van der Waals surface area contributed by atoms with Crippen LogP contribution in [-0.4, -0.2) is 64.0 Å². The monoisotopic (exact) mass is 427 g/mol. The maximum absolute atomic E-state index is 12.6. The van der Waals surface area contributed by atoms with Crippen LogP contribution >= 0.6 is 0 Å². The Kier molecular flexibility index (Phi) is 8.27. The summed E-state index contributed by atoms with van der Waals surface area (Å²) in [6.45, 7) is 8.67. The van der Waals surface area contributed by atoms with Crippen molar-refractivity contribution in [2.45, 2.75) is 20.3 Å². The number of hydrogen-bond acceptors (Lipinski definition) is 5. The molecule has 3 rings (SSSR count). The van der Waals surface area contributed by atoms with Crippen molar-refractivity contribution in [3.05, 3.63) is 48.0 Å². The highest BCUT2D eigenvalue weighted by atomic mass is 16.5. The summed E-state index contributed by atoms with van der Waals surface area (Å²) in [6.07, 6.45) is 0.738. The van der Waals surface area contributed by atoms with Gasteiger partial charge in [-0.1, -0.05) is 12.1 Å². The van der Waals surface area contributed by atoms with Crippen molar-refractivity contribution in [1.29, 1.82) is 0 Å². The van der Waals surface area contributed by atoms with Crippen LogP contribution in [0, 0.1) is 0 Å². The minimum Gasteiger partial charge on any atom is -0.497 e. The Labute approximate surface area is 184 Å². The normalized spacial score (nSPS) is 13.6. The number of amides is 2. The Balaban J connectivity index is 1.46. The van der Waals surface area contributed by atoms with Crippen molar-refractivity contribution >= 4 is 11.7 Å². The smallest absolute Gasteiger partial charge is 0.317 e. The second-order valence-electron chi connectivity index (χ2n) is 7.30. The second kappa shape index (κ2) is 11.3. The number of nitrogens with one attached hydrogen (secondary N) is 1. The summed E-state index contributed by atoms with van der Waals surface area (Å²) in [4.78, 5) is 16.7. The van der Waals surface area contributed by atoms with Crippen LogP contribution < -0.4 is 24.4 Å². The number of rotatable bonds is 9. The van der Waals surface area contributed by atoms with Crippen LogP contribution in [0.3, 0.4) is 0 Å². The van der Waals surface area contributed by atoms with Crippen LogP contribution in [0.25, 0.3) is 0 Å². The van der Waals surface area contributed by atoms with Crippen molar-refractivity contribution in [2.75, 3.05) is 57.9 Å². The molecule has 1 aliphatic heterocycles. The quantitative estimate of drug-likeness (QED) is 0.663. The molecule has 2 aromatic rings. The van der Waals surface area contributed by atoms with Crippen LogP contribution in [0.5, 0.6) is 17.2 Å². The molecule has 2 aromatic carbocycles. The van der Waals surface area contributed by atoms with E-state index in [0.29, 0.717) is 32.8 Å². The van der Waals surface area contributed by atoms with Crippen molar-refractivity contribution in [2.24, 2.45) is 0 Å². The van der Waals surface area contributed by atoms with Gasteiger partial charge in [-0.05, 0) is 50.1 Å². The summed E-state index contributed by atoms with van der Waals surface area (Å²) >= 11 is 0. The molecule has 1 N–H and O–H groups in total. The molecule has 0 radical (unpaired) electrons. The lowest BCUT2D eigenvalue weighted by Gasteiger charge is -2.36. The maximum Gasteiger partial charge on any atom is 0.317 e. The van der Waals surface area contributed by atoms with Gasteiger partial charge < -0.3 is 29.3 Å². The molecular weight excluding hydrogens is 394 g/mol. The topological polar surface area (TPSA) is 63.3 Å². The van der Waals surface area contributed by atoms with Crippen molar-refractivity contribution in [1.82, 2.24) is 10.2 Å². The number of anilines is 1. The lowest BCUT2D eigenvalue weighted by molar-refractivity contribution is 0.194. The molecule has 0 saturated carbocycles. The van der Waals surface area contributed by atoms with Crippen molar-refractivity contribution in [3.63, 3.8) is 0 Å². The molecule has 0 aromatic heterocycles. The zero-order valence-corrected chi connectivity index (χ0v) is 18.7. The van der Waals surface area contributed by atoms with E-state index in [-0.39, 0.29) is 6.03 Å². The highest BCUT2D eigenvalue weighted by molar-refractivity contribution is 5.74. The number of hydrogen-bond donors (Lipinski definition) is 1. The van der Waals surface area contributed by atoms with Gasteiger partial charge in [-0.3, -0.25) is 0 Å². The number of carbonyl (C=O) groups is 1. The molecule has 1 heterocycles. The van der Waals surface area contributed by atoms with E-state index in [2.05, 4.69) is 16.3 Å². The molecule has 1 aliphatic rings. The zero-order chi connectivity index (χ0) is 22.1. The van der Waals surface area contributed by atoms with Gasteiger partial charge in [0.05, 0.1) is 20.3 Å². The summed E-state index contributed by atoms with van der Waals surface area (Å²) < 4.78 is 16.6. The fourth-order valence-corrected chi connectivity index (χ4v) is 3.65. The summed E-state index contributed by atoms with van der Waals surface area (Å²) in [5.41, 5.74) is 2.23. The van der Waals surface area contributed by atoms with E-state index in [0.717, 1.165) is 48.0 Å². The number of methoxy groups -OCH3 is 1. The van der Waals surface area contributed by atoms with E-state index >= 15 is 0 Å². The molecule has 31 heavy (non-hydrogen) atoms. The first kappa shape index (κ1) is 22.6. The van der Waals surface area contributed by atoms with E-state index in [9.17, 15) is 4.79 Å². The molecule has 7 heteroatoms. The summed E-state index contributed by atoms with van der Waals surface area (Å²) in [6, 6.07) is 14.0. The molecule has 1 saturated heterocycles. The van der Waals surface area contributed by atoms with Crippen molar-refractivity contribution in [3.8, 4) is 17.2 Å². The van der Waals surface area contributed by atoms with E-state index in [4.69, 9.17) is 14.2 Å². The van der Waals surface area contributed by atoms with Crippen LogP contribution in [0.2, 0.25) is 0 Å². The van der Waals surface area contributed by atoms with E-state index < -0.39 is 0 Å². The number of piperazine rings is 1. The third-order valence-corrected chi connectivity index (χ3v) is 5.28. The Morgan fingerprint density at radius 1 is 0.968 bits per heavy atom. The minimum absolute atomic E-state index is 0.0127. The van der Waals surface area contributed by atoms with Crippen LogP contribution in [-0.2, 0) is 6.42 Å². The predicted molar refractivity (Wildman–Crippen MR) is 123 cm³/mol. The van der Waals surface area contributed by atoms with Crippen LogP contribution in [0.1, 0.15) is 19.4 Å². The Hall–Kier alpha value is -3.09. The Bertz CT molecular complexity index is 850. The standard InChI is InChI=1S/C24H33N3O4/c1-4-30-22-10-9-19(17-23(22)31-5-2)11-12-25-24(28)27-15-13-26(14-16-27)20-7-6-8-21(18-20)29-3/h6-10,17-18H,4-5,11-16H2,1-3H3,(H,25,28). The summed E-state index contributed by atoms with van der Waals surface area (Å²) in [5.74, 6) is 2.35. The summed E-state index contributed by atoms with van der Waals surface area (Å²) in [7, 11) is 1.67. The van der Waals surface area contributed by atoms with Gasteiger partial charge in [0.25, 0.3) is 0 Å². The highest BCUT2D eigenvalue weighted by Gasteiger charge is 2.21. The van der Waals surface area contributed by atoms with E-state index in [1.807, 2.05) is 55.1 Å². The maximum atomic E-state index is 12.6. The lowest BCUT2D eigenvalue weighted by Crippen LogP contribution is -2.52. The predicted octanol–water partition coefficient (Wildman–Crippen LogP) is 3.57. The number of carbonyl (C=O) groups excluding carboxylic acids is 1. The molecule has 0 bridgehead atoms. The highest BCUT2D eigenvalue weighted by Crippen LogP contribution is 2.28. The Morgan fingerprint density at radius 2 is 1.71 bits per heavy atom. The molecule has 0 aliphatic carbocycles. The average molecular weight is 428 g/mol. The van der Waals surface area contributed by atoms with Gasteiger partial charge >= 0.3 is 6.03 Å². The SMILES string of the molecule is CCOc1ccc(CCNC(=O)N2CCN(c3cccc(OC)c3)CC2)cc1OCC. The fraction of sp³-hybridized carbons (Fsp3) is 0.458. The largest absolute Gasteiger partial charge is 0.497 e. The van der Waals surface area contributed by atoms with Gasteiger partial charge in [0, 0.05) is 44.5 Å². The molecular formula is C24H33N3O4. The number of urea groups is 1. The number of benzene rings is 2. The van der Waals surface area contributed by atoms with Gasteiger partial charge in [0.1, 0.15) is 5.75 Å². The summed E-state index contributed by atoms with van der Waals surface area (Å²) in [5, 5.41) is 3.04. The lowest BCUT2D eigenvalue weighted by atomic mass is 10.1. The van der Waals surface area contributed by atoms with Crippen LogP contribution in [0.4, 0.5) is 10.5 Å². The van der Waals surface area contributed by atoms with E-state index in [1.54, 1.807) is 7.11 Å². The molecule has 2 amide bonds. The first-order valence-electron chi connectivity index (χ1n) is 10.9. The van der Waals surface area contributed by atoms with E-state index in [1.165, 1.54) is 0 Å². The average Bonchev–Trinajstić information content (AvgIpc) is 2.81. The molecule has 1 fully saturated rings. The molecule has 0 atom stereocenters. The van der Waals surface area contributed by atoms with Gasteiger partial charge in [-0.2, -0.15) is 0 Å². The fourth-order valence-electron chi connectivity index (χ4n) is 3.65.